The van der Waals surface area contributed by atoms with E-state index in [9.17, 15) is 0 Å². The minimum Gasteiger partial charge on any atom is -0.383 e. The van der Waals surface area contributed by atoms with E-state index in [2.05, 4.69) is 4.98 Å². The van der Waals surface area contributed by atoms with E-state index in [1.54, 1.807) is 11.3 Å². The third-order valence-electron chi connectivity index (χ3n) is 2.00. The van der Waals surface area contributed by atoms with Crippen molar-refractivity contribution in [1.29, 1.82) is 0 Å². The Morgan fingerprint density at radius 1 is 1.75 bits per heavy atom. The van der Waals surface area contributed by atoms with Gasteiger partial charge in [-0.1, -0.05) is 0 Å². The molecule has 0 spiro atoms. The van der Waals surface area contributed by atoms with E-state index in [0.717, 1.165) is 18.0 Å². The lowest BCUT2D eigenvalue weighted by molar-refractivity contribution is 0.111. The molecule has 4 heteroatoms. The number of thiazole rings is 1. The van der Waals surface area contributed by atoms with E-state index in [4.69, 9.17) is 10.5 Å². The van der Waals surface area contributed by atoms with Crippen LogP contribution in [-0.2, 0) is 11.2 Å². The van der Waals surface area contributed by atoms with Crippen molar-refractivity contribution in [3.8, 4) is 0 Å². The largest absolute Gasteiger partial charge is 0.383 e. The zero-order chi connectivity index (χ0) is 8.39. The van der Waals surface area contributed by atoms with E-state index >= 15 is 0 Å². The fourth-order valence-corrected chi connectivity index (χ4v) is 2.17. The van der Waals surface area contributed by atoms with Crippen molar-refractivity contribution in [2.24, 2.45) is 0 Å². The van der Waals surface area contributed by atoms with Gasteiger partial charge < -0.3 is 10.5 Å². The lowest BCUT2D eigenvalue weighted by Crippen LogP contribution is -2.08. The molecule has 66 valence electrons. The van der Waals surface area contributed by atoms with Crippen LogP contribution in [0.25, 0.3) is 0 Å². The Morgan fingerprint density at radius 2 is 2.67 bits per heavy atom. The molecule has 1 unspecified atom stereocenters. The van der Waals surface area contributed by atoms with Crippen molar-refractivity contribution in [1.82, 2.24) is 4.98 Å². The maximum absolute atomic E-state index is 5.51. The van der Waals surface area contributed by atoms with E-state index < -0.39 is 0 Å². The van der Waals surface area contributed by atoms with Crippen LogP contribution in [0.3, 0.4) is 0 Å². The summed E-state index contributed by atoms with van der Waals surface area (Å²) in [4.78, 5) is 4.19. The van der Waals surface area contributed by atoms with E-state index in [1.807, 2.05) is 5.38 Å². The van der Waals surface area contributed by atoms with Gasteiger partial charge in [0.05, 0.1) is 11.1 Å². The zero-order valence-corrected chi connectivity index (χ0v) is 7.64. The summed E-state index contributed by atoms with van der Waals surface area (Å²) in [5.41, 5.74) is 5.51. The van der Waals surface area contributed by atoms with Crippen molar-refractivity contribution in [3.63, 3.8) is 0 Å². The molecule has 0 aromatic carbocycles. The number of ether oxygens (including phenoxy) is 1. The van der Waals surface area contributed by atoms with Crippen LogP contribution in [0, 0.1) is 0 Å². The van der Waals surface area contributed by atoms with Crippen molar-refractivity contribution >= 4 is 17.2 Å². The number of hydrogen-bond acceptors (Lipinski definition) is 4. The molecule has 0 bridgehead atoms. The molecule has 1 fully saturated rings. The highest BCUT2D eigenvalue weighted by molar-refractivity contribution is 7.10. The molecule has 1 aliphatic rings. The molecule has 0 aliphatic carbocycles. The molecule has 1 saturated heterocycles. The highest BCUT2D eigenvalue weighted by Crippen LogP contribution is 2.19. The van der Waals surface area contributed by atoms with Gasteiger partial charge in [-0.25, -0.2) is 4.98 Å². The van der Waals surface area contributed by atoms with Crippen LogP contribution in [0.2, 0.25) is 0 Å². The second-order valence-electron chi connectivity index (χ2n) is 3.01. The molecule has 2 N–H and O–H groups in total. The predicted molar refractivity (Wildman–Crippen MR) is 49.2 cm³/mol. The molecule has 1 aromatic heterocycles. The number of nitrogens with zero attached hydrogens (tertiary/aromatic N) is 1. The highest BCUT2D eigenvalue weighted by Gasteiger charge is 2.17. The molecule has 12 heavy (non-hydrogen) atoms. The molecular weight excluding hydrogens is 172 g/mol. The average Bonchev–Trinajstić information content (AvgIpc) is 2.63. The summed E-state index contributed by atoms with van der Waals surface area (Å²) in [5, 5.41) is 2.98. The first kappa shape index (κ1) is 8.01. The van der Waals surface area contributed by atoms with Crippen molar-refractivity contribution in [3.05, 3.63) is 10.4 Å². The zero-order valence-electron chi connectivity index (χ0n) is 6.82. The number of nitrogens with two attached hydrogens (primary N) is 1. The minimum absolute atomic E-state index is 0.385. The quantitative estimate of drug-likeness (QED) is 0.756. The fraction of sp³-hybridized carbons (Fsp3) is 0.625. The van der Waals surface area contributed by atoms with Crippen LogP contribution >= 0.6 is 11.3 Å². The van der Waals surface area contributed by atoms with Gasteiger partial charge in [-0.05, 0) is 12.8 Å². The molecule has 1 atom stereocenters. The van der Waals surface area contributed by atoms with Gasteiger partial charge in [0, 0.05) is 18.4 Å². The van der Waals surface area contributed by atoms with Gasteiger partial charge in [-0.2, -0.15) is 0 Å². The average molecular weight is 184 g/mol. The summed E-state index contributed by atoms with van der Waals surface area (Å²) in [6.07, 6.45) is 3.67. The highest BCUT2D eigenvalue weighted by atomic mass is 32.1. The van der Waals surface area contributed by atoms with Crippen LogP contribution < -0.4 is 5.73 Å². The molecule has 2 heterocycles. The number of aromatic nitrogens is 1. The summed E-state index contributed by atoms with van der Waals surface area (Å²) in [6.45, 7) is 0.908. The Bertz CT molecular complexity index is 255. The standard InChI is InChI=1S/C8H12N2OS/c9-7-5-12-8(10-7)4-6-2-1-3-11-6/h5-6H,1-4,9H2. The van der Waals surface area contributed by atoms with Crippen molar-refractivity contribution < 1.29 is 4.74 Å². The van der Waals surface area contributed by atoms with Crippen LogP contribution in [-0.4, -0.2) is 17.7 Å². The van der Waals surface area contributed by atoms with E-state index in [-0.39, 0.29) is 0 Å². The summed E-state index contributed by atoms with van der Waals surface area (Å²) in [6, 6.07) is 0. The first-order chi connectivity index (χ1) is 5.84. The summed E-state index contributed by atoms with van der Waals surface area (Å²) in [7, 11) is 0. The molecule has 1 aromatic rings. The van der Waals surface area contributed by atoms with Gasteiger partial charge in [-0.3, -0.25) is 0 Å². The molecule has 3 nitrogen and oxygen atoms in total. The van der Waals surface area contributed by atoms with Gasteiger partial charge >= 0.3 is 0 Å². The van der Waals surface area contributed by atoms with Gasteiger partial charge in [0.2, 0.25) is 0 Å². The maximum Gasteiger partial charge on any atom is 0.134 e. The van der Waals surface area contributed by atoms with Gasteiger partial charge in [0.1, 0.15) is 5.82 Å². The monoisotopic (exact) mass is 184 g/mol. The van der Waals surface area contributed by atoms with Crippen LogP contribution in [0.1, 0.15) is 17.8 Å². The van der Waals surface area contributed by atoms with Crippen molar-refractivity contribution in [2.45, 2.75) is 25.4 Å². The summed E-state index contributed by atoms with van der Waals surface area (Å²) < 4.78 is 5.49. The van der Waals surface area contributed by atoms with Crippen LogP contribution in [0.4, 0.5) is 5.82 Å². The molecule has 0 radical (unpaired) electrons. The first-order valence-corrected chi connectivity index (χ1v) is 5.04. The Morgan fingerprint density at radius 3 is 3.25 bits per heavy atom. The molecule has 2 rings (SSSR count). The van der Waals surface area contributed by atoms with Crippen LogP contribution in [0.15, 0.2) is 5.38 Å². The van der Waals surface area contributed by atoms with Crippen molar-refractivity contribution in [2.75, 3.05) is 12.3 Å². The van der Waals surface area contributed by atoms with Gasteiger partial charge in [0.15, 0.2) is 0 Å². The Hall–Kier alpha value is -0.610. The third kappa shape index (κ3) is 1.76. The molecular formula is C8H12N2OS. The topological polar surface area (TPSA) is 48.1 Å². The Labute approximate surface area is 75.6 Å². The normalized spacial score (nSPS) is 23.2. The number of anilines is 1. The Balaban J connectivity index is 1.94. The fourth-order valence-electron chi connectivity index (χ4n) is 1.42. The summed E-state index contributed by atoms with van der Waals surface area (Å²) in [5.74, 6) is 0.632. The maximum atomic E-state index is 5.51. The SMILES string of the molecule is Nc1csc(CC2CCCO2)n1. The predicted octanol–water partition coefficient (Wildman–Crippen LogP) is 1.45. The number of hydrogen-bond donors (Lipinski definition) is 1. The lowest BCUT2D eigenvalue weighted by Gasteiger charge is -2.04. The summed E-state index contributed by atoms with van der Waals surface area (Å²) >= 11 is 1.62. The van der Waals surface area contributed by atoms with Gasteiger partial charge in [-0.15, -0.1) is 11.3 Å². The van der Waals surface area contributed by atoms with Gasteiger partial charge in [0.25, 0.3) is 0 Å². The smallest absolute Gasteiger partial charge is 0.134 e. The minimum atomic E-state index is 0.385. The van der Waals surface area contributed by atoms with Crippen LogP contribution in [0.5, 0.6) is 0 Å². The molecule has 1 aliphatic heterocycles. The third-order valence-corrected chi connectivity index (χ3v) is 2.89. The Kier molecular flexibility index (Phi) is 2.28. The van der Waals surface area contributed by atoms with E-state index in [1.165, 1.54) is 12.8 Å². The second-order valence-corrected chi connectivity index (χ2v) is 3.95. The number of rotatable bonds is 2. The van der Waals surface area contributed by atoms with E-state index in [0.29, 0.717) is 11.9 Å². The lowest BCUT2D eigenvalue weighted by atomic mass is 10.2. The second kappa shape index (κ2) is 3.41. The number of nitrogen functional groups attached to an aromatic ring is 1. The molecule has 0 saturated carbocycles. The molecule has 0 amide bonds. The first-order valence-electron chi connectivity index (χ1n) is 4.16.